The minimum atomic E-state index is -4.67. The Kier molecular flexibility index (Phi) is 6.34. The van der Waals surface area contributed by atoms with E-state index < -0.39 is 12.0 Å². The monoisotopic (exact) mass is 495 g/mol. The minimum Gasteiger partial charge on any atom is -0.355 e. The van der Waals surface area contributed by atoms with Gasteiger partial charge in [0, 0.05) is 38.7 Å². The summed E-state index contributed by atoms with van der Waals surface area (Å²) in [6.45, 7) is 0.847. The second-order valence-corrected chi connectivity index (χ2v) is 8.53. The van der Waals surface area contributed by atoms with Crippen LogP contribution in [0.25, 0.3) is 5.65 Å². The van der Waals surface area contributed by atoms with Crippen molar-refractivity contribution in [3.8, 4) is 0 Å². The maximum absolute atomic E-state index is 13.1. The van der Waals surface area contributed by atoms with Crippen molar-refractivity contribution in [2.75, 3.05) is 37.4 Å². The molecule has 3 aromatic rings. The first-order valence-electron chi connectivity index (χ1n) is 10.4. The molecule has 3 heterocycles. The lowest BCUT2D eigenvalue weighted by molar-refractivity contribution is -0.146. The number of carbonyl (C=O) groups is 2. The Hall–Kier alpha value is -3.41. The van der Waals surface area contributed by atoms with Crippen molar-refractivity contribution >= 4 is 40.6 Å². The fourth-order valence-electron chi connectivity index (χ4n) is 3.74. The largest absolute Gasteiger partial charge is 0.453 e. The molecule has 0 atom stereocenters. The zero-order valence-electron chi connectivity index (χ0n) is 18.3. The summed E-state index contributed by atoms with van der Waals surface area (Å²) in [5, 5.41) is 13.8. The number of nitrogens with one attached hydrogen (secondary N) is 1. The molecule has 0 bridgehead atoms. The normalized spacial score (nSPS) is 14.9. The van der Waals surface area contributed by atoms with Crippen LogP contribution in [0, 0.1) is 5.92 Å². The number of amides is 2. The summed E-state index contributed by atoms with van der Waals surface area (Å²) in [7, 11) is 3.26. The van der Waals surface area contributed by atoms with E-state index >= 15 is 0 Å². The molecule has 0 spiro atoms. The molecule has 1 N–H and O–H groups in total. The fourth-order valence-corrected chi connectivity index (χ4v) is 3.91. The van der Waals surface area contributed by atoms with Gasteiger partial charge in [-0.25, -0.2) is 0 Å². The van der Waals surface area contributed by atoms with Gasteiger partial charge in [0.25, 0.3) is 11.7 Å². The van der Waals surface area contributed by atoms with E-state index in [0.717, 1.165) is 0 Å². The Morgan fingerprint density at radius 1 is 1.12 bits per heavy atom. The number of nitrogens with zero attached hydrogens (tertiary/aromatic N) is 6. The lowest BCUT2D eigenvalue weighted by Gasteiger charge is -2.32. The molecule has 13 heteroatoms. The van der Waals surface area contributed by atoms with Gasteiger partial charge >= 0.3 is 6.18 Å². The maximum atomic E-state index is 13.1. The lowest BCUT2D eigenvalue weighted by atomic mass is 9.95. The van der Waals surface area contributed by atoms with Gasteiger partial charge < -0.3 is 15.1 Å². The number of fused-ring (bicyclic) bond motifs is 1. The standard InChI is InChI=1S/C21H21ClF3N7O2/c1-30(2)19(34)13-3-4-14(22)15(11-13)26-18(33)12-7-9-31(10-8-12)17-6-5-16-27-28-20(21(23,24)25)32(16)29-17/h3-6,11-12H,7-10H2,1-2H3,(H,26,33). The summed E-state index contributed by atoms with van der Waals surface area (Å²) < 4.78 is 40.1. The van der Waals surface area contributed by atoms with Crippen molar-refractivity contribution in [3.63, 3.8) is 0 Å². The van der Waals surface area contributed by atoms with Crippen LogP contribution in [-0.2, 0) is 11.0 Å². The van der Waals surface area contributed by atoms with Crippen molar-refractivity contribution in [1.29, 1.82) is 0 Å². The van der Waals surface area contributed by atoms with Crippen LogP contribution in [0.4, 0.5) is 24.7 Å². The molecule has 4 rings (SSSR count). The summed E-state index contributed by atoms with van der Waals surface area (Å²) in [5.74, 6) is -1.63. The fraction of sp³-hybridized carbons (Fsp3) is 0.381. The molecule has 180 valence electrons. The topological polar surface area (TPSA) is 95.7 Å². The molecule has 0 unspecified atom stereocenters. The molecule has 34 heavy (non-hydrogen) atoms. The number of benzene rings is 1. The molecule has 1 saturated heterocycles. The van der Waals surface area contributed by atoms with Crippen LogP contribution in [0.15, 0.2) is 30.3 Å². The summed E-state index contributed by atoms with van der Waals surface area (Å²) in [4.78, 5) is 28.3. The predicted molar refractivity (Wildman–Crippen MR) is 119 cm³/mol. The van der Waals surface area contributed by atoms with Gasteiger partial charge in [-0.1, -0.05) is 11.6 Å². The number of anilines is 2. The number of alkyl halides is 3. The molecule has 2 amide bonds. The summed E-state index contributed by atoms with van der Waals surface area (Å²) in [5.41, 5.74) is 0.742. The molecule has 9 nitrogen and oxygen atoms in total. The van der Waals surface area contributed by atoms with Gasteiger partial charge in [-0.15, -0.1) is 15.3 Å². The van der Waals surface area contributed by atoms with Crippen molar-refractivity contribution in [1.82, 2.24) is 24.7 Å². The van der Waals surface area contributed by atoms with E-state index in [1.165, 1.54) is 17.0 Å². The first kappa shape index (κ1) is 23.7. The van der Waals surface area contributed by atoms with Crippen LogP contribution >= 0.6 is 11.6 Å². The summed E-state index contributed by atoms with van der Waals surface area (Å²) in [6.07, 6.45) is -3.74. The number of carbonyl (C=O) groups excluding carboxylic acids is 2. The zero-order chi connectivity index (χ0) is 24.6. The van der Waals surface area contributed by atoms with Crippen LogP contribution in [0.2, 0.25) is 5.02 Å². The third-order valence-corrected chi connectivity index (χ3v) is 5.90. The van der Waals surface area contributed by atoms with Crippen molar-refractivity contribution in [3.05, 3.63) is 46.7 Å². The Morgan fingerprint density at radius 2 is 1.82 bits per heavy atom. The van der Waals surface area contributed by atoms with Crippen molar-refractivity contribution < 1.29 is 22.8 Å². The van der Waals surface area contributed by atoms with Crippen molar-refractivity contribution in [2.24, 2.45) is 5.92 Å². The van der Waals surface area contributed by atoms with Gasteiger partial charge in [-0.05, 0) is 43.2 Å². The average Bonchev–Trinajstić information content (AvgIpc) is 3.24. The van der Waals surface area contributed by atoms with E-state index in [9.17, 15) is 22.8 Å². The highest BCUT2D eigenvalue weighted by Gasteiger charge is 2.38. The minimum absolute atomic E-state index is 0.00260. The van der Waals surface area contributed by atoms with Gasteiger partial charge in [0.15, 0.2) is 5.65 Å². The molecule has 0 radical (unpaired) electrons. The van der Waals surface area contributed by atoms with Gasteiger partial charge in [-0.2, -0.15) is 17.7 Å². The third-order valence-electron chi connectivity index (χ3n) is 5.57. The van der Waals surface area contributed by atoms with Crippen LogP contribution in [0.5, 0.6) is 0 Å². The Balaban J connectivity index is 1.43. The first-order chi connectivity index (χ1) is 16.0. The maximum Gasteiger partial charge on any atom is 0.453 e. The van der Waals surface area contributed by atoms with E-state index in [1.807, 2.05) is 4.90 Å². The highest BCUT2D eigenvalue weighted by molar-refractivity contribution is 6.33. The van der Waals surface area contributed by atoms with Gasteiger partial charge in [-0.3, -0.25) is 9.59 Å². The molecule has 1 aliphatic rings. The van der Waals surface area contributed by atoms with Crippen molar-refractivity contribution in [2.45, 2.75) is 19.0 Å². The summed E-state index contributed by atoms with van der Waals surface area (Å²) in [6, 6.07) is 7.68. The Morgan fingerprint density at radius 3 is 2.47 bits per heavy atom. The molecule has 1 aromatic carbocycles. The predicted octanol–water partition coefficient (Wildman–Crippen LogP) is 3.35. The van der Waals surface area contributed by atoms with Crippen LogP contribution in [0.1, 0.15) is 29.0 Å². The van der Waals surface area contributed by atoms with Crippen LogP contribution in [0.3, 0.4) is 0 Å². The molecule has 0 saturated carbocycles. The molecule has 0 aliphatic carbocycles. The Labute approximate surface area is 197 Å². The van der Waals surface area contributed by atoms with Gasteiger partial charge in [0.1, 0.15) is 5.82 Å². The van der Waals surface area contributed by atoms with Crippen LogP contribution < -0.4 is 10.2 Å². The smallest absolute Gasteiger partial charge is 0.355 e. The number of halogens is 4. The Bertz CT molecular complexity index is 1240. The van der Waals surface area contributed by atoms with Gasteiger partial charge in [0.05, 0.1) is 10.7 Å². The summed E-state index contributed by atoms with van der Waals surface area (Å²) >= 11 is 6.20. The number of aromatic nitrogens is 4. The van der Waals surface area contributed by atoms with Crippen LogP contribution in [-0.4, -0.2) is 63.7 Å². The first-order valence-corrected chi connectivity index (χ1v) is 10.8. The number of hydrogen-bond acceptors (Lipinski definition) is 6. The molecular formula is C21H21ClF3N7O2. The third kappa shape index (κ3) is 4.76. The second-order valence-electron chi connectivity index (χ2n) is 8.13. The highest BCUT2D eigenvalue weighted by Crippen LogP contribution is 2.29. The van der Waals surface area contributed by atoms with E-state index in [1.54, 1.807) is 32.3 Å². The van der Waals surface area contributed by atoms with E-state index in [2.05, 4.69) is 20.6 Å². The molecular weight excluding hydrogens is 475 g/mol. The number of piperidine rings is 1. The number of hydrogen-bond donors (Lipinski definition) is 1. The highest BCUT2D eigenvalue weighted by atomic mass is 35.5. The van der Waals surface area contributed by atoms with E-state index in [-0.39, 0.29) is 23.4 Å². The lowest BCUT2D eigenvalue weighted by Crippen LogP contribution is -2.38. The quantitative estimate of drug-likeness (QED) is 0.596. The number of rotatable bonds is 4. The molecule has 2 aromatic heterocycles. The van der Waals surface area contributed by atoms with E-state index in [4.69, 9.17) is 11.6 Å². The van der Waals surface area contributed by atoms with E-state index in [0.29, 0.717) is 52.5 Å². The molecule has 1 fully saturated rings. The second kappa shape index (κ2) is 9.09. The van der Waals surface area contributed by atoms with Gasteiger partial charge in [0.2, 0.25) is 5.91 Å². The molecule has 1 aliphatic heterocycles. The average molecular weight is 496 g/mol. The SMILES string of the molecule is CN(C)C(=O)c1ccc(Cl)c(NC(=O)C2CCN(c3ccc4nnc(C(F)(F)F)n4n3)CC2)c1. The zero-order valence-corrected chi connectivity index (χ0v) is 19.1.